The van der Waals surface area contributed by atoms with Crippen molar-refractivity contribution in [3.05, 3.63) is 41.5 Å². The summed E-state index contributed by atoms with van der Waals surface area (Å²) in [6, 6.07) is 7.57. The van der Waals surface area contributed by atoms with E-state index in [4.69, 9.17) is 4.74 Å². The van der Waals surface area contributed by atoms with E-state index in [0.717, 1.165) is 24.9 Å². The van der Waals surface area contributed by atoms with Crippen molar-refractivity contribution in [1.82, 2.24) is 4.90 Å². The van der Waals surface area contributed by atoms with Gasteiger partial charge in [0.25, 0.3) is 0 Å². The second-order valence-electron chi connectivity index (χ2n) is 10.4. The third kappa shape index (κ3) is 6.51. The summed E-state index contributed by atoms with van der Waals surface area (Å²) in [5.41, 5.74) is -0.0915. The fraction of sp³-hybridized carbons (Fsp3) is 0.593. The Labute approximate surface area is 211 Å². The average molecular weight is 532 g/mol. The fourth-order valence-electron chi connectivity index (χ4n) is 5.64. The molecule has 1 aliphatic heterocycles. The molecule has 2 aliphatic rings. The number of rotatable bonds is 6. The molecule has 1 saturated heterocycles. The van der Waals surface area contributed by atoms with Gasteiger partial charge in [-0.2, -0.15) is 26.3 Å². The molecule has 37 heavy (non-hydrogen) atoms. The molecular formula is C27H31F6NO3. The second-order valence-corrected chi connectivity index (χ2v) is 10.4. The third-order valence-corrected chi connectivity index (χ3v) is 7.80. The number of nitrogens with zero attached hydrogens (tertiary/aromatic N) is 1. The average Bonchev–Trinajstić information content (AvgIpc) is 2.82. The van der Waals surface area contributed by atoms with Gasteiger partial charge >= 0.3 is 18.3 Å². The number of carboxylic acids is 1. The summed E-state index contributed by atoms with van der Waals surface area (Å²) >= 11 is 0. The summed E-state index contributed by atoms with van der Waals surface area (Å²) in [4.78, 5) is 13.5. The van der Waals surface area contributed by atoms with E-state index in [1.54, 1.807) is 25.1 Å². The minimum Gasteiger partial charge on any atom is -0.490 e. The molecule has 0 spiro atoms. The molecule has 1 N–H and O–H groups in total. The number of fused-ring (bicyclic) bond motifs is 1. The zero-order valence-corrected chi connectivity index (χ0v) is 20.5. The highest BCUT2D eigenvalue weighted by Crippen LogP contribution is 2.44. The van der Waals surface area contributed by atoms with Crippen LogP contribution in [-0.4, -0.2) is 41.3 Å². The van der Waals surface area contributed by atoms with Crippen LogP contribution in [0.15, 0.2) is 30.3 Å². The van der Waals surface area contributed by atoms with Gasteiger partial charge in [0, 0.05) is 13.1 Å². The number of hydrogen-bond donors (Lipinski definition) is 1. The van der Waals surface area contributed by atoms with E-state index in [-0.39, 0.29) is 42.7 Å². The van der Waals surface area contributed by atoms with Crippen LogP contribution in [0.1, 0.15) is 56.6 Å². The van der Waals surface area contributed by atoms with Crippen LogP contribution in [0.25, 0.3) is 10.8 Å². The monoisotopic (exact) mass is 531 g/mol. The van der Waals surface area contributed by atoms with Crippen LogP contribution in [0.3, 0.4) is 0 Å². The van der Waals surface area contributed by atoms with Gasteiger partial charge in [-0.3, -0.25) is 9.69 Å². The van der Waals surface area contributed by atoms with Crippen LogP contribution >= 0.6 is 0 Å². The minimum absolute atomic E-state index is 0.0197. The molecule has 1 aliphatic carbocycles. The maximum atomic E-state index is 14.1. The maximum absolute atomic E-state index is 14.1. The van der Waals surface area contributed by atoms with Crippen molar-refractivity contribution in [2.24, 2.45) is 17.8 Å². The van der Waals surface area contributed by atoms with Crippen LogP contribution in [0.5, 0.6) is 5.75 Å². The van der Waals surface area contributed by atoms with Crippen molar-refractivity contribution < 1.29 is 41.0 Å². The lowest BCUT2D eigenvalue weighted by molar-refractivity contribution is -0.185. The number of aliphatic carboxylic acids is 1. The van der Waals surface area contributed by atoms with E-state index in [1.807, 2.05) is 0 Å². The molecule has 1 heterocycles. The van der Waals surface area contributed by atoms with Gasteiger partial charge in [0.05, 0.1) is 17.9 Å². The summed E-state index contributed by atoms with van der Waals surface area (Å²) in [6.45, 7) is 3.61. The highest BCUT2D eigenvalue weighted by Gasteiger charge is 2.43. The molecule has 1 saturated carbocycles. The number of carbonyl (C=O) groups is 1. The highest BCUT2D eigenvalue weighted by atomic mass is 19.4. The molecule has 2 aromatic carbocycles. The first kappa shape index (κ1) is 27.5. The smallest absolute Gasteiger partial charge is 0.420 e. The Morgan fingerprint density at radius 1 is 1.05 bits per heavy atom. The van der Waals surface area contributed by atoms with Crippen molar-refractivity contribution in [1.29, 1.82) is 0 Å². The van der Waals surface area contributed by atoms with E-state index in [9.17, 15) is 36.2 Å². The van der Waals surface area contributed by atoms with E-state index < -0.39 is 41.8 Å². The molecule has 0 unspecified atom stereocenters. The van der Waals surface area contributed by atoms with E-state index >= 15 is 0 Å². The molecule has 0 aromatic heterocycles. The number of likely N-dealkylation sites (tertiary alicyclic amines) is 1. The molecule has 4 rings (SSSR count). The van der Waals surface area contributed by atoms with Crippen LogP contribution in [0, 0.1) is 17.8 Å². The number of halogens is 6. The molecular weight excluding hydrogens is 500 g/mol. The van der Waals surface area contributed by atoms with Crippen molar-refractivity contribution >= 4 is 16.7 Å². The molecule has 10 heteroatoms. The Bertz CT molecular complexity index is 1110. The number of hydrogen-bond acceptors (Lipinski definition) is 3. The summed E-state index contributed by atoms with van der Waals surface area (Å²) in [5, 5.41) is 9.70. The van der Waals surface area contributed by atoms with Gasteiger partial charge in [0.1, 0.15) is 11.3 Å². The largest absolute Gasteiger partial charge is 0.490 e. The minimum atomic E-state index is -4.70. The Morgan fingerprint density at radius 2 is 1.76 bits per heavy atom. The Hall–Kier alpha value is -2.49. The maximum Gasteiger partial charge on any atom is 0.420 e. The number of piperidine rings is 1. The predicted octanol–water partition coefficient (Wildman–Crippen LogP) is 7.29. The van der Waals surface area contributed by atoms with Crippen LogP contribution in [0.2, 0.25) is 0 Å². The van der Waals surface area contributed by atoms with Gasteiger partial charge < -0.3 is 9.84 Å². The van der Waals surface area contributed by atoms with Crippen molar-refractivity contribution in [3.63, 3.8) is 0 Å². The third-order valence-electron chi connectivity index (χ3n) is 7.80. The number of ether oxygens (including phenoxy) is 1. The first-order valence-corrected chi connectivity index (χ1v) is 12.6. The lowest BCUT2D eigenvalue weighted by Gasteiger charge is -2.34. The number of carboxylic acid groups (broad SMARTS) is 1. The summed E-state index contributed by atoms with van der Waals surface area (Å²) < 4.78 is 86.8. The van der Waals surface area contributed by atoms with Crippen molar-refractivity contribution in [2.45, 2.75) is 70.4 Å². The zero-order valence-electron chi connectivity index (χ0n) is 20.5. The SMILES string of the molecule is C[C@H](C(=O)O)[C@H]1CCCN(Cc2ccc3c(C(F)(F)F)c(O[C@H]4CC[C@@H](C(F)(F)F)CC4)ccc3c2)C1. The quantitative estimate of drug-likeness (QED) is 0.398. The summed E-state index contributed by atoms with van der Waals surface area (Å²) in [7, 11) is 0. The molecule has 2 atom stereocenters. The van der Waals surface area contributed by atoms with Gasteiger partial charge in [-0.15, -0.1) is 0 Å². The molecule has 0 bridgehead atoms. The first-order valence-electron chi connectivity index (χ1n) is 12.6. The van der Waals surface area contributed by atoms with Crippen molar-refractivity contribution in [2.75, 3.05) is 13.1 Å². The number of benzene rings is 2. The predicted molar refractivity (Wildman–Crippen MR) is 126 cm³/mol. The van der Waals surface area contributed by atoms with E-state index in [0.29, 0.717) is 18.5 Å². The van der Waals surface area contributed by atoms with E-state index in [2.05, 4.69) is 4.90 Å². The standard InChI is InChI=1S/C27H31F6NO3/c1-16(25(35)36)19-3-2-12-34(15-19)14-17-4-10-22-18(13-17)5-11-23(24(22)27(31,32)33)37-21-8-6-20(7-9-21)26(28,29)30/h4-5,10-11,13,16,19-21H,2-3,6-9,12,14-15H2,1H3,(H,35,36)/t16-,19-,20-,21+/m0/s1. The van der Waals surface area contributed by atoms with Crippen molar-refractivity contribution in [3.8, 4) is 5.75 Å². The molecule has 0 amide bonds. The second kappa shape index (κ2) is 10.7. The Morgan fingerprint density at radius 3 is 2.38 bits per heavy atom. The Balaban J connectivity index is 1.52. The molecule has 0 radical (unpaired) electrons. The summed E-state index contributed by atoms with van der Waals surface area (Å²) in [6.07, 6.45) is -8.22. The number of alkyl halides is 6. The topological polar surface area (TPSA) is 49.8 Å². The lowest BCUT2D eigenvalue weighted by atomic mass is 9.86. The molecule has 4 nitrogen and oxygen atoms in total. The van der Waals surface area contributed by atoms with Gasteiger partial charge in [-0.1, -0.05) is 25.1 Å². The van der Waals surface area contributed by atoms with Gasteiger partial charge in [-0.25, -0.2) is 0 Å². The molecule has 2 fully saturated rings. The molecule has 2 aromatic rings. The van der Waals surface area contributed by atoms with Gasteiger partial charge in [0.15, 0.2) is 0 Å². The van der Waals surface area contributed by atoms with Crippen LogP contribution in [-0.2, 0) is 17.5 Å². The normalized spacial score (nSPS) is 24.7. The first-order chi connectivity index (χ1) is 17.3. The van der Waals surface area contributed by atoms with E-state index in [1.165, 1.54) is 12.1 Å². The lowest BCUT2D eigenvalue weighted by Crippen LogP contribution is -2.39. The highest BCUT2D eigenvalue weighted by molar-refractivity contribution is 5.89. The van der Waals surface area contributed by atoms with Crippen LogP contribution < -0.4 is 4.74 Å². The van der Waals surface area contributed by atoms with Gasteiger partial charge in [-0.05, 0) is 79.5 Å². The zero-order chi connectivity index (χ0) is 27.0. The molecule has 204 valence electrons. The Kier molecular flexibility index (Phi) is 7.97. The fourth-order valence-corrected chi connectivity index (χ4v) is 5.64. The van der Waals surface area contributed by atoms with Gasteiger partial charge in [0.2, 0.25) is 0 Å². The van der Waals surface area contributed by atoms with Crippen LogP contribution in [0.4, 0.5) is 26.3 Å². The summed E-state index contributed by atoms with van der Waals surface area (Å²) in [5.74, 6) is -3.06.